The number of aryl methyl sites for hydroxylation is 1. The van der Waals surface area contributed by atoms with E-state index in [2.05, 4.69) is 14.9 Å². The molecule has 5 nitrogen and oxygen atoms in total. The molecule has 0 N–H and O–H groups in total. The Bertz CT molecular complexity index is 484. The summed E-state index contributed by atoms with van der Waals surface area (Å²) in [5.74, 6) is 3.03. The fourth-order valence-electron chi connectivity index (χ4n) is 2.47. The molecule has 0 unspecified atom stereocenters. The van der Waals surface area contributed by atoms with Gasteiger partial charge < -0.3 is 8.83 Å². The van der Waals surface area contributed by atoms with E-state index in [1.807, 2.05) is 13.1 Å². The Balaban J connectivity index is 1.54. The molecule has 96 valence electrons. The highest BCUT2D eigenvalue weighted by molar-refractivity contribution is 4.97. The summed E-state index contributed by atoms with van der Waals surface area (Å²) in [6, 6.07) is 0. The van der Waals surface area contributed by atoms with Gasteiger partial charge in [0, 0.05) is 12.8 Å². The minimum Gasteiger partial charge on any atom is -0.449 e. The summed E-state index contributed by atoms with van der Waals surface area (Å²) in [4.78, 5) is 10.7. The van der Waals surface area contributed by atoms with E-state index in [4.69, 9.17) is 8.83 Å². The van der Waals surface area contributed by atoms with Crippen molar-refractivity contribution >= 4 is 0 Å². The Morgan fingerprint density at radius 3 is 2.78 bits per heavy atom. The van der Waals surface area contributed by atoms with Crippen molar-refractivity contribution in [3.05, 3.63) is 36.2 Å². The van der Waals surface area contributed by atoms with Crippen molar-refractivity contribution < 1.29 is 8.83 Å². The van der Waals surface area contributed by atoms with E-state index >= 15 is 0 Å². The standard InChI is InChI=1S/C13H17N3O2/c1-10-15-8-12(18-10)9-16-5-2-11(3-6-16)13-14-4-7-17-13/h4,7-8,11H,2-3,5-6,9H2,1H3. The molecule has 1 fully saturated rings. The van der Waals surface area contributed by atoms with Crippen molar-refractivity contribution in [2.75, 3.05) is 13.1 Å². The minimum absolute atomic E-state index is 0.465. The summed E-state index contributed by atoms with van der Waals surface area (Å²) < 4.78 is 10.9. The molecule has 0 aliphatic carbocycles. The second kappa shape index (κ2) is 4.94. The van der Waals surface area contributed by atoms with Gasteiger partial charge in [-0.05, 0) is 25.9 Å². The average Bonchev–Trinajstić information content (AvgIpc) is 3.02. The Kier molecular flexibility index (Phi) is 3.15. The predicted octanol–water partition coefficient (Wildman–Crippen LogP) is 2.35. The fourth-order valence-corrected chi connectivity index (χ4v) is 2.47. The molecule has 5 heteroatoms. The maximum Gasteiger partial charge on any atom is 0.197 e. The fraction of sp³-hybridized carbons (Fsp3) is 0.538. The van der Waals surface area contributed by atoms with Gasteiger partial charge in [-0.15, -0.1) is 0 Å². The zero-order chi connectivity index (χ0) is 12.4. The minimum atomic E-state index is 0.465. The average molecular weight is 247 g/mol. The van der Waals surface area contributed by atoms with E-state index in [9.17, 15) is 0 Å². The summed E-state index contributed by atoms with van der Waals surface area (Å²) in [6.07, 6.45) is 7.37. The van der Waals surface area contributed by atoms with Gasteiger partial charge in [-0.25, -0.2) is 9.97 Å². The normalized spacial score (nSPS) is 18.3. The Hall–Kier alpha value is -1.62. The molecule has 0 amide bonds. The molecule has 0 saturated carbocycles. The molecule has 1 saturated heterocycles. The van der Waals surface area contributed by atoms with E-state index in [0.29, 0.717) is 5.92 Å². The first-order chi connectivity index (χ1) is 8.81. The molecular weight excluding hydrogens is 230 g/mol. The van der Waals surface area contributed by atoms with E-state index in [0.717, 1.165) is 50.0 Å². The van der Waals surface area contributed by atoms with E-state index in [-0.39, 0.29) is 0 Å². The van der Waals surface area contributed by atoms with Crippen LogP contribution in [0.15, 0.2) is 27.5 Å². The first-order valence-electron chi connectivity index (χ1n) is 6.34. The molecule has 3 heterocycles. The van der Waals surface area contributed by atoms with Crippen LogP contribution in [0, 0.1) is 6.92 Å². The molecule has 0 aromatic carbocycles. The van der Waals surface area contributed by atoms with Gasteiger partial charge in [-0.3, -0.25) is 4.90 Å². The number of likely N-dealkylation sites (tertiary alicyclic amines) is 1. The van der Waals surface area contributed by atoms with Gasteiger partial charge in [0.25, 0.3) is 0 Å². The molecule has 18 heavy (non-hydrogen) atoms. The summed E-state index contributed by atoms with van der Waals surface area (Å²) in [5.41, 5.74) is 0. The molecule has 2 aromatic rings. The lowest BCUT2D eigenvalue weighted by atomic mass is 9.97. The number of oxazole rings is 2. The molecule has 2 aromatic heterocycles. The molecule has 1 aliphatic heterocycles. The van der Waals surface area contributed by atoms with Crippen molar-refractivity contribution in [3.8, 4) is 0 Å². The van der Waals surface area contributed by atoms with Crippen molar-refractivity contribution in [2.45, 2.75) is 32.2 Å². The van der Waals surface area contributed by atoms with Crippen LogP contribution < -0.4 is 0 Å². The van der Waals surface area contributed by atoms with E-state index in [1.165, 1.54) is 0 Å². The Morgan fingerprint density at radius 1 is 1.33 bits per heavy atom. The number of rotatable bonds is 3. The molecule has 0 radical (unpaired) electrons. The van der Waals surface area contributed by atoms with Gasteiger partial charge in [0.2, 0.25) is 0 Å². The summed E-state index contributed by atoms with van der Waals surface area (Å²) in [5, 5.41) is 0. The predicted molar refractivity (Wildman–Crippen MR) is 65.0 cm³/mol. The third kappa shape index (κ3) is 2.46. The molecule has 0 bridgehead atoms. The van der Waals surface area contributed by atoms with Crippen molar-refractivity contribution in [1.82, 2.24) is 14.9 Å². The van der Waals surface area contributed by atoms with Crippen LogP contribution >= 0.6 is 0 Å². The Labute approximate surface area is 106 Å². The lowest BCUT2D eigenvalue weighted by Crippen LogP contribution is -2.32. The summed E-state index contributed by atoms with van der Waals surface area (Å²) >= 11 is 0. The number of hydrogen-bond acceptors (Lipinski definition) is 5. The maximum atomic E-state index is 5.50. The van der Waals surface area contributed by atoms with Crippen molar-refractivity contribution in [3.63, 3.8) is 0 Å². The molecule has 0 atom stereocenters. The highest BCUT2D eigenvalue weighted by atomic mass is 16.4. The molecule has 0 spiro atoms. The summed E-state index contributed by atoms with van der Waals surface area (Å²) in [7, 11) is 0. The van der Waals surface area contributed by atoms with Crippen LogP contribution in [-0.4, -0.2) is 28.0 Å². The first-order valence-corrected chi connectivity index (χ1v) is 6.34. The van der Waals surface area contributed by atoms with E-state index < -0.39 is 0 Å². The zero-order valence-electron chi connectivity index (χ0n) is 10.5. The highest BCUT2D eigenvalue weighted by Gasteiger charge is 2.23. The van der Waals surface area contributed by atoms with Crippen LogP contribution in [0.5, 0.6) is 0 Å². The van der Waals surface area contributed by atoms with E-state index in [1.54, 1.807) is 12.5 Å². The number of piperidine rings is 1. The number of hydrogen-bond donors (Lipinski definition) is 0. The highest BCUT2D eigenvalue weighted by Crippen LogP contribution is 2.27. The van der Waals surface area contributed by atoms with Gasteiger partial charge in [-0.1, -0.05) is 0 Å². The first kappa shape index (κ1) is 11.5. The van der Waals surface area contributed by atoms with Crippen LogP contribution in [0.2, 0.25) is 0 Å². The third-order valence-electron chi connectivity index (χ3n) is 3.44. The SMILES string of the molecule is Cc1ncc(CN2CCC(c3ncco3)CC2)o1. The third-order valence-corrected chi connectivity index (χ3v) is 3.44. The topological polar surface area (TPSA) is 55.3 Å². The second-order valence-corrected chi connectivity index (χ2v) is 4.77. The quantitative estimate of drug-likeness (QED) is 0.833. The number of nitrogens with zero attached hydrogens (tertiary/aromatic N) is 3. The van der Waals surface area contributed by atoms with Crippen LogP contribution in [0.4, 0.5) is 0 Å². The lowest BCUT2D eigenvalue weighted by Gasteiger charge is -2.29. The Morgan fingerprint density at radius 2 is 2.17 bits per heavy atom. The largest absolute Gasteiger partial charge is 0.449 e. The lowest BCUT2D eigenvalue weighted by molar-refractivity contribution is 0.180. The van der Waals surface area contributed by atoms with Crippen LogP contribution in [0.3, 0.4) is 0 Å². The summed E-state index contributed by atoms with van der Waals surface area (Å²) in [6.45, 7) is 4.82. The van der Waals surface area contributed by atoms with Crippen molar-refractivity contribution in [2.24, 2.45) is 0 Å². The van der Waals surface area contributed by atoms with Crippen LogP contribution in [0.1, 0.15) is 36.3 Å². The van der Waals surface area contributed by atoms with Crippen LogP contribution in [-0.2, 0) is 6.54 Å². The molecule has 1 aliphatic rings. The maximum absolute atomic E-state index is 5.50. The molecule has 3 rings (SSSR count). The number of aromatic nitrogens is 2. The van der Waals surface area contributed by atoms with Crippen LogP contribution in [0.25, 0.3) is 0 Å². The second-order valence-electron chi connectivity index (χ2n) is 4.77. The smallest absolute Gasteiger partial charge is 0.197 e. The van der Waals surface area contributed by atoms with Gasteiger partial charge in [0.15, 0.2) is 11.8 Å². The monoisotopic (exact) mass is 247 g/mol. The van der Waals surface area contributed by atoms with Gasteiger partial charge in [0.05, 0.1) is 18.9 Å². The van der Waals surface area contributed by atoms with Gasteiger partial charge in [-0.2, -0.15) is 0 Å². The van der Waals surface area contributed by atoms with Gasteiger partial charge >= 0.3 is 0 Å². The zero-order valence-corrected chi connectivity index (χ0v) is 10.5. The van der Waals surface area contributed by atoms with Crippen molar-refractivity contribution in [1.29, 1.82) is 0 Å². The molecular formula is C13H17N3O2. The van der Waals surface area contributed by atoms with Gasteiger partial charge in [0.1, 0.15) is 12.0 Å².